The summed E-state index contributed by atoms with van der Waals surface area (Å²) >= 11 is 0. The summed E-state index contributed by atoms with van der Waals surface area (Å²) in [5.41, 5.74) is 3.22. The van der Waals surface area contributed by atoms with Gasteiger partial charge in [-0.15, -0.1) is 0 Å². The number of nitrogens with zero attached hydrogens (tertiary/aromatic N) is 2. The molecule has 3 rings (SSSR count). The first-order valence-electron chi connectivity index (χ1n) is 7.85. The Bertz CT molecular complexity index is 664. The standard InChI is InChI=1S/C18H21N3O2/c1-14-4-2-3-5-15(14)12-18(22)20-17-7-6-16(13-19-17)21-8-10-23-11-9-21/h2-7,13H,8-12H2,1H3,(H,19,20,22). The van der Waals surface area contributed by atoms with Crippen LogP contribution in [0.25, 0.3) is 0 Å². The minimum Gasteiger partial charge on any atom is -0.378 e. The molecule has 1 saturated heterocycles. The topological polar surface area (TPSA) is 54.5 Å². The lowest BCUT2D eigenvalue weighted by Crippen LogP contribution is -2.36. The summed E-state index contributed by atoms with van der Waals surface area (Å²) in [4.78, 5) is 18.7. The maximum Gasteiger partial charge on any atom is 0.229 e. The van der Waals surface area contributed by atoms with E-state index in [0.717, 1.165) is 43.1 Å². The molecule has 0 spiro atoms. The second-order valence-electron chi connectivity index (χ2n) is 5.65. The molecule has 1 fully saturated rings. The minimum atomic E-state index is -0.0501. The van der Waals surface area contributed by atoms with Gasteiger partial charge in [-0.3, -0.25) is 4.79 Å². The van der Waals surface area contributed by atoms with Crippen molar-refractivity contribution in [1.82, 2.24) is 4.98 Å². The molecule has 1 aromatic heterocycles. The number of aromatic nitrogens is 1. The molecule has 0 radical (unpaired) electrons. The third-order valence-corrected chi connectivity index (χ3v) is 4.00. The molecule has 0 bridgehead atoms. The van der Waals surface area contributed by atoms with Crippen LogP contribution >= 0.6 is 0 Å². The smallest absolute Gasteiger partial charge is 0.229 e. The van der Waals surface area contributed by atoms with Crippen LogP contribution < -0.4 is 10.2 Å². The Morgan fingerprint density at radius 2 is 2.00 bits per heavy atom. The SMILES string of the molecule is Cc1ccccc1CC(=O)Nc1ccc(N2CCOCC2)cn1. The van der Waals surface area contributed by atoms with Gasteiger partial charge in [0.2, 0.25) is 5.91 Å². The van der Waals surface area contributed by atoms with Crippen LogP contribution in [-0.2, 0) is 16.0 Å². The molecular weight excluding hydrogens is 290 g/mol. The molecule has 0 saturated carbocycles. The molecule has 1 amide bonds. The molecule has 0 aliphatic carbocycles. The van der Waals surface area contributed by atoms with Gasteiger partial charge in [0.05, 0.1) is 31.5 Å². The van der Waals surface area contributed by atoms with Gasteiger partial charge in [-0.1, -0.05) is 24.3 Å². The zero-order chi connectivity index (χ0) is 16.1. The molecule has 2 aromatic rings. The monoisotopic (exact) mass is 311 g/mol. The van der Waals surface area contributed by atoms with E-state index in [1.165, 1.54) is 0 Å². The summed E-state index contributed by atoms with van der Waals surface area (Å²) in [5, 5.41) is 2.85. The summed E-state index contributed by atoms with van der Waals surface area (Å²) in [7, 11) is 0. The zero-order valence-corrected chi connectivity index (χ0v) is 13.3. The fourth-order valence-electron chi connectivity index (χ4n) is 2.64. The van der Waals surface area contributed by atoms with Gasteiger partial charge in [-0.2, -0.15) is 0 Å². The van der Waals surface area contributed by atoms with Crippen LogP contribution in [-0.4, -0.2) is 37.2 Å². The maximum absolute atomic E-state index is 12.1. The normalized spacial score (nSPS) is 14.6. The predicted octanol–water partition coefficient (Wildman–Crippen LogP) is 2.41. The zero-order valence-electron chi connectivity index (χ0n) is 13.3. The fraction of sp³-hybridized carbons (Fsp3) is 0.333. The Morgan fingerprint density at radius 3 is 2.70 bits per heavy atom. The number of anilines is 2. The average Bonchev–Trinajstić information content (AvgIpc) is 2.58. The molecule has 2 heterocycles. The van der Waals surface area contributed by atoms with Crippen LogP contribution in [0.2, 0.25) is 0 Å². The van der Waals surface area contributed by atoms with Crippen molar-refractivity contribution in [3.8, 4) is 0 Å². The average molecular weight is 311 g/mol. The summed E-state index contributed by atoms with van der Waals surface area (Å²) < 4.78 is 5.34. The van der Waals surface area contributed by atoms with E-state index in [-0.39, 0.29) is 5.91 Å². The van der Waals surface area contributed by atoms with E-state index in [1.807, 2.05) is 43.3 Å². The second-order valence-corrected chi connectivity index (χ2v) is 5.65. The van der Waals surface area contributed by atoms with Crippen LogP contribution in [0.3, 0.4) is 0 Å². The van der Waals surface area contributed by atoms with E-state index in [9.17, 15) is 4.79 Å². The number of amides is 1. The van der Waals surface area contributed by atoms with Crippen molar-refractivity contribution in [2.24, 2.45) is 0 Å². The molecule has 5 nitrogen and oxygen atoms in total. The van der Waals surface area contributed by atoms with Gasteiger partial charge in [-0.25, -0.2) is 4.98 Å². The van der Waals surface area contributed by atoms with Gasteiger partial charge in [-0.05, 0) is 30.2 Å². The number of benzene rings is 1. The van der Waals surface area contributed by atoms with Crippen molar-refractivity contribution < 1.29 is 9.53 Å². The van der Waals surface area contributed by atoms with Crippen LogP contribution in [0.5, 0.6) is 0 Å². The van der Waals surface area contributed by atoms with Crippen molar-refractivity contribution >= 4 is 17.4 Å². The molecule has 0 unspecified atom stereocenters. The first-order valence-corrected chi connectivity index (χ1v) is 7.85. The third kappa shape index (κ3) is 4.07. The second kappa shape index (κ2) is 7.24. The lowest BCUT2D eigenvalue weighted by Gasteiger charge is -2.28. The summed E-state index contributed by atoms with van der Waals surface area (Å²) in [6, 6.07) is 11.7. The molecule has 120 valence electrons. The molecule has 1 N–H and O–H groups in total. The van der Waals surface area contributed by atoms with E-state index in [0.29, 0.717) is 12.2 Å². The van der Waals surface area contributed by atoms with Crippen molar-refractivity contribution in [3.05, 3.63) is 53.7 Å². The van der Waals surface area contributed by atoms with Crippen LogP contribution in [0, 0.1) is 6.92 Å². The number of carbonyl (C=O) groups is 1. The first kappa shape index (κ1) is 15.5. The van der Waals surface area contributed by atoms with Crippen LogP contribution in [0.4, 0.5) is 11.5 Å². The fourth-order valence-corrected chi connectivity index (χ4v) is 2.64. The van der Waals surface area contributed by atoms with Crippen molar-refractivity contribution in [2.75, 3.05) is 36.5 Å². The molecule has 1 aromatic carbocycles. The quantitative estimate of drug-likeness (QED) is 0.942. The van der Waals surface area contributed by atoms with Gasteiger partial charge < -0.3 is 15.0 Å². The lowest BCUT2D eigenvalue weighted by atomic mass is 10.1. The van der Waals surface area contributed by atoms with Crippen molar-refractivity contribution in [2.45, 2.75) is 13.3 Å². The highest BCUT2D eigenvalue weighted by Crippen LogP contribution is 2.17. The van der Waals surface area contributed by atoms with E-state index in [1.54, 1.807) is 6.20 Å². The van der Waals surface area contributed by atoms with Gasteiger partial charge >= 0.3 is 0 Å². The maximum atomic E-state index is 12.1. The van der Waals surface area contributed by atoms with Crippen molar-refractivity contribution in [3.63, 3.8) is 0 Å². The van der Waals surface area contributed by atoms with Gasteiger partial charge in [0.1, 0.15) is 5.82 Å². The van der Waals surface area contributed by atoms with Crippen LogP contribution in [0.15, 0.2) is 42.6 Å². The highest BCUT2D eigenvalue weighted by atomic mass is 16.5. The predicted molar refractivity (Wildman–Crippen MR) is 90.8 cm³/mol. The third-order valence-electron chi connectivity index (χ3n) is 4.00. The first-order chi connectivity index (χ1) is 11.2. The lowest BCUT2D eigenvalue weighted by molar-refractivity contribution is -0.115. The Morgan fingerprint density at radius 1 is 1.22 bits per heavy atom. The number of nitrogens with one attached hydrogen (secondary N) is 1. The Balaban J connectivity index is 1.59. The van der Waals surface area contributed by atoms with Gasteiger partial charge in [0.15, 0.2) is 0 Å². The number of hydrogen-bond acceptors (Lipinski definition) is 4. The Labute approximate surface area is 136 Å². The number of hydrogen-bond donors (Lipinski definition) is 1. The van der Waals surface area contributed by atoms with Gasteiger partial charge in [0, 0.05) is 13.1 Å². The minimum absolute atomic E-state index is 0.0501. The Kier molecular flexibility index (Phi) is 4.88. The summed E-state index contributed by atoms with van der Waals surface area (Å²) in [5.74, 6) is 0.534. The van der Waals surface area contributed by atoms with E-state index >= 15 is 0 Å². The molecule has 23 heavy (non-hydrogen) atoms. The van der Waals surface area contributed by atoms with Crippen molar-refractivity contribution in [1.29, 1.82) is 0 Å². The molecular formula is C18H21N3O2. The van der Waals surface area contributed by atoms with E-state index in [2.05, 4.69) is 15.2 Å². The number of carbonyl (C=O) groups excluding carboxylic acids is 1. The summed E-state index contributed by atoms with van der Waals surface area (Å²) in [6.07, 6.45) is 2.16. The number of aryl methyl sites for hydroxylation is 1. The number of morpholine rings is 1. The molecule has 1 aliphatic rings. The number of rotatable bonds is 4. The molecule has 0 atom stereocenters. The van der Waals surface area contributed by atoms with E-state index in [4.69, 9.17) is 4.74 Å². The number of pyridine rings is 1. The highest BCUT2D eigenvalue weighted by molar-refractivity contribution is 5.91. The Hall–Kier alpha value is -2.40. The van der Waals surface area contributed by atoms with E-state index < -0.39 is 0 Å². The van der Waals surface area contributed by atoms with Gasteiger partial charge in [0.25, 0.3) is 0 Å². The molecule has 5 heteroatoms. The molecule has 1 aliphatic heterocycles. The largest absolute Gasteiger partial charge is 0.378 e. The summed E-state index contributed by atoms with van der Waals surface area (Å²) in [6.45, 7) is 5.25. The number of ether oxygens (including phenoxy) is 1. The van der Waals surface area contributed by atoms with Crippen LogP contribution in [0.1, 0.15) is 11.1 Å². The highest BCUT2D eigenvalue weighted by Gasteiger charge is 2.12.